The highest BCUT2D eigenvalue weighted by atomic mass is 16.5. The van der Waals surface area contributed by atoms with Gasteiger partial charge < -0.3 is 23.7 Å². The van der Waals surface area contributed by atoms with E-state index in [0.717, 1.165) is 11.3 Å². The van der Waals surface area contributed by atoms with Gasteiger partial charge in [-0.1, -0.05) is 12.1 Å². The van der Waals surface area contributed by atoms with E-state index in [9.17, 15) is 9.59 Å². The maximum absolute atomic E-state index is 13.0. The third kappa shape index (κ3) is 4.36. The number of benzene rings is 2. The van der Waals surface area contributed by atoms with E-state index < -0.39 is 5.97 Å². The summed E-state index contributed by atoms with van der Waals surface area (Å²) in [6.07, 6.45) is 0.656. The molecule has 0 atom stereocenters. The number of esters is 1. The number of hydrogen-bond acceptors (Lipinski definition) is 7. The minimum Gasteiger partial charge on any atom is -0.497 e. The Bertz CT molecular complexity index is 841. The highest BCUT2D eigenvalue weighted by Crippen LogP contribution is 2.40. The first kappa shape index (κ1) is 21.1. The van der Waals surface area contributed by atoms with E-state index in [1.807, 2.05) is 24.3 Å². The van der Waals surface area contributed by atoms with Crippen LogP contribution in [0.1, 0.15) is 32.7 Å². The fourth-order valence-electron chi connectivity index (χ4n) is 2.88. The fraction of sp³-hybridized carbons (Fsp3) is 0.333. The first-order valence-electron chi connectivity index (χ1n) is 8.58. The van der Waals surface area contributed by atoms with Crippen LogP contribution >= 0.6 is 0 Å². The predicted molar refractivity (Wildman–Crippen MR) is 103 cm³/mol. The highest BCUT2D eigenvalue weighted by Gasteiger charge is 2.30. The number of aryl methyl sites for hydroxylation is 1. The van der Waals surface area contributed by atoms with Crippen molar-refractivity contribution in [3.63, 3.8) is 0 Å². The zero-order chi connectivity index (χ0) is 20.7. The van der Waals surface area contributed by atoms with Gasteiger partial charge >= 0.3 is 5.97 Å². The van der Waals surface area contributed by atoms with Crippen LogP contribution in [0.4, 0.5) is 0 Å². The van der Waals surface area contributed by atoms with Crippen molar-refractivity contribution in [2.75, 3.05) is 35.5 Å². The van der Waals surface area contributed by atoms with Gasteiger partial charge in [-0.25, -0.2) is 4.79 Å². The molecule has 150 valence electrons. The Morgan fingerprint density at radius 1 is 0.786 bits per heavy atom. The third-order valence-electron chi connectivity index (χ3n) is 4.32. The van der Waals surface area contributed by atoms with Crippen molar-refractivity contribution < 1.29 is 33.3 Å². The van der Waals surface area contributed by atoms with Crippen LogP contribution in [0.3, 0.4) is 0 Å². The highest BCUT2D eigenvalue weighted by molar-refractivity contribution is 6.10. The second kappa shape index (κ2) is 9.64. The topological polar surface area (TPSA) is 80.3 Å². The normalized spacial score (nSPS) is 10.2. The minimum absolute atomic E-state index is 0.0130. The molecule has 0 aliphatic rings. The molecule has 0 heterocycles. The predicted octanol–water partition coefficient (Wildman–Crippen LogP) is 3.32. The summed E-state index contributed by atoms with van der Waals surface area (Å²) in [6, 6.07) is 8.96. The molecule has 0 spiro atoms. The quantitative estimate of drug-likeness (QED) is 0.481. The lowest BCUT2D eigenvalue weighted by molar-refractivity contribution is 0.0591. The van der Waals surface area contributed by atoms with Crippen LogP contribution < -0.4 is 18.9 Å². The van der Waals surface area contributed by atoms with E-state index in [-0.39, 0.29) is 40.6 Å². The summed E-state index contributed by atoms with van der Waals surface area (Å²) in [5, 5.41) is 0. The van der Waals surface area contributed by atoms with Crippen LogP contribution in [-0.2, 0) is 11.2 Å². The zero-order valence-electron chi connectivity index (χ0n) is 16.7. The average molecular weight is 388 g/mol. The largest absolute Gasteiger partial charge is 0.497 e. The molecule has 0 radical (unpaired) electrons. The molecule has 28 heavy (non-hydrogen) atoms. The molecule has 0 bridgehead atoms. The smallest absolute Gasteiger partial charge is 0.342 e. The lowest BCUT2D eigenvalue weighted by Crippen LogP contribution is -2.15. The standard InChI is InChI=1S/C21H24O7/c1-24-14-9-6-13(7-10-14)8-11-15(22)18-16(25-2)12-17(26-3)20(27-4)19(18)21(23)28-5/h6-7,9-10,12H,8,11H2,1-5H3. The van der Waals surface area contributed by atoms with E-state index in [1.165, 1.54) is 34.5 Å². The third-order valence-corrected chi connectivity index (χ3v) is 4.32. The molecule has 2 aromatic rings. The van der Waals surface area contributed by atoms with Crippen molar-refractivity contribution in [1.29, 1.82) is 0 Å². The van der Waals surface area contributed by atoms with Crippen LogP contribution in [0.2, 0.25) is 0 Å². The molecule has 0 aromatic heterocycles. The second-order valence-electron chi connectivity index (χ2n) is 5.83. The summed E-state index contributed by atoms with van der Waals surface area (Å²) in [4.78, 5) is 25.4. The van der Waals surface area contributed by atoms with Gasteiger partial charge in [-0.2, -0.15) is 0 Å². The first-order chi connectivity index (χ1) is 13.5. The van der Waals surface area contributed by atoms with Gasteiger partial charge in [0, 0.05) is 12.5 Å². The Kier molecular flexibility index (Phi) is 7.26. The van der Waals surface area contributed by atoms with Gasteiger partial charge in [0.15, 0.2) is 17.3 Å². The summed E-state index contributed by atoms with van der Waals surface area (Å²) in [5.41, 5.74) is 1.06. The molecule has 2 rings (SSSR count). The van der Waals surface area contributed by atoms with Gasteiger partial charge in [-0.15, -0.1) is 0 Å². The van der Waals surface area contributed by atoms with Gasteiger partial charge in [0.25, 0.3) is 0 Å². The summed E-state index contributed by atoms with van der Waals surface area (Å²) < 4.78 is 25.9. The number of ether oxygens (including phenoxy) is 5. The molecule has 0 N–H and O–H groups in total. The Morgan fingerprint density at radius 2 is 1.43 bits per heavy atom. The van der Waals surface area contributed by atoms with Crippen molar-refractivity contribution in [3.8, 4) is 23.0 Å². The number of carbonyl (C=O) groups is 2. The van der Waals surface area contributed by atoms with E-state index in [2.05, 4.69) is 0 Å². The van der Waals surface area contributed by atoms with Crippen LogP contribution in [0.5, 0.6) is 23.0 Å². The van der Waals surface area contributed by atoms with E-state index >= 15 is 0 Å². The van der Waals surface area contributed by atoms with Crippen LogP contribution in [0.15, 0.2) is 30.3 Å². The van der Waals surface area contributed by atoms with Crippen molar-refractivity contribution in [2.45, 2.75) is 12.8 Å². The minimum atomic E-state index is -0.707. The van der Waals surface area contributed by atoms with E-state index in [0.29, 0.717) is 6.42 Å². The summed E-state index contributed by atoms with van der Waals surface area (Å²) >= 11 is 0. The Balaban J connectivity index is 2.43. The van der Waals surface area contributed by atoms with Crippen LogP contribution in [0, 0.1) is 0 Å². The van der Waals surface area contributed by atoms with Gasteiger partial charge in [0.2, 0.25) is 0 Å². The van der Waals surface area contributed by atoms with Crippen molar-refractivity contribution >= 4 is 11.8 Å². The summed E-state index contributed by atoms with van der Waals surface area (Å²) in [5.74, 6) is 0.382. The monoisotopic (exact) mass is 388 g/mol. The molecule has 0 aliphatic carbocycles. The van der Waals surface area contributed by atoms with Gasteiger partial charge in [0.05, 0.1) is 41.1 Å². The van der Waals surface area contributed by atoms with Crippen LogP contribution in [-0.4, -0.2) is 47.3 Å². The molecule has 7 nitrogen and oxygen atoms in total. The van der Waals surface area contributed by atoms with Crippen molar-refractivity contribution in [1.82, 2.24) is 0 Å². The molecule has 0 fully saturated rings. The van der Waals surface area contributed by atoms with Crippen molar-refractivity contribution in [3.05, 3.63) is 47.0 Å². The lowest BCUT2D eigenvalue weighted by Gasteiger charge is -2.18. The van der Waals surface area contributed by atoms with Crippen molar-refractivity contribution in [2.24, 2.45) is 0 Å². The molecular formula is C21H24O7. The molecule has 2 aromatic carbocycles. The SMILES string of the molecule is COC(=O)c1c(OC)c(OC)cc(OC)c1C(=O)CCc1ccc(OC)cc1. The zero-order valence-corrected chi connectivity index (χ0v) is 16.7. The second-order valence-corrected chi connectivity index (χ2v) is 5.83. The number of carbonyl (C=O) groups excluding carboxylic acids is 2. The number of hydrogen-bond donors (Lipinski definition) is 0. The maximum Gasteiger partial charge on any atom is 0.342 e. The van der Waals surface area contributed by atoms with Gasteiger partial charge in [-0.3, -0.25) is 4.79 Å². The summed E-state index contributed by atoms with van der Waals surface area (Å²) in [7, 11) is 7.07. The molecule has 0 saturated heterocycles. The molecular weight excluding hydrogens is 364 g/mol. The molecule has 0 unspecified atom stereocenters. The Hall–Kier alpha value is -3.22. The average Bonchev–Trinajstić information content (AvgIpc) is 2.75. The Morgan fingerprint density at radius 3 is 1.93 bits per heavy atom. The first-order valence-corrected chi connectivity index (χ1v) is 8.58. The number of ketones is 1. The lowest BCUT2D eigenvalue weighted by atomic mass is 9.96. The van der Waals surface area contributed by atoms with E-state index in [4.69, 9.17) is 23.7 Å². The fourth-order valence-corrected chi connectivity index (χ4v) is 2.88. The number of rotatable bonds is 9. The number of methoxy groups -OCH3 is 5. The van der Waals surface area contributed by atoms with Gasteiger partial charge in [0.1, 0.15) is 17.1 Å². The van der Waals surface area contributed by atoms with Gasteiger partial charge in [-0.05, 0) is 24.1 Å². The molecule has 0 saturated carbocycles. The number of Topliss-reactive ketones (excluding diaryl/α,β-unsaturated/α-hetero) is 1. The Labute approximate surface area is 164 Å². The van der Waals surface area contributed by atoms with Crippen LogP contribution in [0.25, 0.3) is 0 Å². The molecule has 0 amide bonds. The maximum atomic E-state index is 13.0. The van der Waals surface area contributed by atoms with E-state index in [1.54, 1.807) is 7.11 Å². The molecule has 0 aliphatic heterocycles. The summed E-state index contributed by atoms with van der Waals surface area (Å²) in [6.45, 7) is 0. The molecule has 7 heteroatoms.